The molecule has 0 bridgehead atoms. The molecule has 2 heterocycles. The summed E-state index contributed by atoms with van der Waals surface area (Å²) in [5, 5.41) is 9.69. The molecule has 0 unspecified atom stereocenters. The van der Waals surface area contributed by atoms with Crippen molar-refractivity contribution in [1.29, 1.82) is 0 Å². The zero-order valence-electron chi connectivity index (χ0n) is 18.2. The van der Waals surface area contributed by atoms with E-state index in [1.54, 1.807) is 0 Å². The van der Waals surface area contributed by atoms with Gasteiger partial charge in [-0.1, -0.05) is 64.7 Å². The predicted molar refractivity (Wildman–Crippen MR) is 107 cm³/mol. The smallest absolute Gasteiger partial charge is 0.164 e. The Morgan fingerprint density at radius 2 is 1.07 bits per heavy atom. The average Bonchev–Trinajstić information content (AvgIpc) is 3.08. The van der Waals surface area contributed by atoms with Gasteiger partial charge in [0.25, 0.3) is 0 Å². The Balaban J connectivity index is 1.75. The first kappa shape index (κ1) is 23.1. The van der Waals surface area contributed by atoms with Crippen LogP contribution in [0.15, 0.2) is 0 Å². The maximum Gasteiger partial charge on any atom is 0.164 e. The van der Waals surface area contributed by atoms with Crippen molar-refractivity contribution in [2.45, 2.75) is 135 Å². The van der Waals surface area contributed by atoms with E-state index in [4.69, 9.17) is 18.9 Å². The highest BCUT2D eigenvalue weighted by atomic mass is 16.8. The highest BCUT2D eigenvalue weighted by molar-refractivity contribution is 4.95. The van der Waals surface area contributed by atoms with Gasteiger partial charge in [0.2, 0.25) is 0 Å². The van der Waals surface area contributed by atoms with E-state index in [1.165, 1.54) is 51.4 Å². The van der Waals surface area contributed by atoms with Gasteiger partial charge in [0.05, 0.1) is 12.7 Å². The monoisotopic (exact) mass is 386 g/mol. The van der Waals surface area contributed by atoms with Gasteiger partial charge in [0.15, 0.2) is 11.6 Å². The van der Waals surface area contributed by atoms with E-state index in [0.29, 0.717) is 0 Å². The summed E-state index contributed by atoms with van der Waals surface area (Å²) in [5.41, 5.74) is 0. The summed E-state index contributed by atoms with van der Waals surface area (Å²) in [4.78, 5) is 0. The second-order valence-electron chi connectivity index (χ2n) is 9.08. The number of rotatable bonds is 12. The van der Waals surface area contributed by atoms with Crippen LogP contribution in [0, 0.1) is 0 Å². The average molecular weight is 387 g/mol. The van der Waals surface area contributed by atoms with Crippen LogP contribution < -0.4 is 0 Å². The summed E-state index contributed by atoms with van der Waals surface area (Å²) in [6, 6.07) is 0. The molecule has 0 aromatic rings. The van der Waals surface area contributed by atoms with Crippen LogP contribution in [0.4, 0.5) is 0 Å². The molecule has 4 atom stereocenters. The van der Waals surface area contributed by atoms with Crippen LogP contribution in [0.3, 0.4) is 0 Å². The minimum Gasteiger partial charge on any atom is -0.394 e. The molecular weight excluding hydrogens is 344 g/mol. The van der Waals surface area contributed by atoms with Crippen LogP contribution in [0.2, 0.25) is 0 Å². The number of hydrogen-bond acceptors (Lipinski definition) is 5. The van der Waals surface area contributed by atoms with Crippen LogP contribution in [-0.4, -0.2) is 47.7 Å². The highest BCUT2D eigenvalue weighted by Crippen LogP contribution is 2.39. The van der Waals surface area contributed by atoms with Gasteiger partial charge >= 0.3 is 0 Å². The molecule has 2 aliphatic heterocycles. The summed E-state index contributed by atoms with van der Waals surface area (Å²) in [6.45, 7) is 9.85. The van der Waals surface area contributed by atoms with Crippen molar-refractivity contribution >= 4 is 0 Å². The molecule has 0 saturated carbocycles. The summed E-state index contributed by atoms with van der Waals surface area (Å²) in [5.74, 6) is -1.32. The van der Waals surface area contributed by atoms with E-state index in [-0.39, 0.29) is 31.0 Å². The molecule has 0 aliphatic carbocycles. The number of aliphatic hydroxyl groups excluding tert-OH is 1. The second-order valence-corrected chi connectivity index (χ2v) is 9.08. The fourth-order valence-corrected chi connectivity index (χ4v) is 4.30. The summed E-state index contributed by atoms with van der Waals surface area (Å²) in [7, 11) is 0. The topological polar surface area (TPSA) is 57.2 Å². The van der Waals surface area contributed by atoms with Crippen LogP contribution in [0.1, 0.15) is 98.8 Å². The van der Waals surface area contributed by atoms with Crippen molar-refractivity contribution in [3.05, 3.63) is 0 Å². The van der Waals surface area contributed by atoms with Crippen LogP contribution in [-0.2, 0) is 18.9 Å². The Morgan fingerprint density at radius 3 is 1.59 bits per heavy atom. The standard InChI is InChI=1S/C22H42O5/c1-6-7-8-9-10-11-12-13-14-15-17-19(26-21(2,3)24-17)20-18(16-23)25-22(4,5)27-20/h17-20,23H,6-16H2,1-5H3/t17-,18+,19+,20-/m0/s1. The SMILES string of the molecule is CCCCCCCCCCC[C@@H]1OC(C)(C)O[C@H]1[C@H]1OC(C)(C)O[C@@H]1CO. The van der Waals surface area contributed by atoms with E-state index >= 15 is 0 Å². The van der Waals surface area contributed by atoms with Gasteiger partial charge in [-0.25, -0.2) is 0 Å². The molecule has 0 radical (unpaired) electrons. The van der Waals surface area contributed by atoms with Gasteiger partial charge in [-0.05, 0) is 34.1 Å². The molecular formula is C22H42O5. The van der Waals surface area contributed by atoms with Crippen LogP contribution in [0.5, 0.6) is 0 Å². The molecule has 5 nitrogen and oxygen atoms in total. The van der Waals surface area contributed by atoms with Crippen molar-refractivity contribution in [2.75, 3.05) is 6.61 Å². The van der Waals surface area contributed by atoms with Gasteiger partial charge in [-0.15, -0.1) is 0 Å². The van der Waals surface area contributed by atoms with Crippen molar-refractivity contribution in [2.24, 2.45) is 0 Å². The Morgan fingerprint density at radius 1 is 0.630 bits per heavy atom. The van der Waals surface area contributed by atoms with E-state index in [9.17, 15) is 5.11 Å². The minimum absolute atomic E-state index is 0.0129. The van der Waals surface area contributed by atoms with E-state index in [2.05, 4.69) is 6.92 Å². The maximum atomic E-state index is 9.69. The Kier molecular flexibility index (Phi) is 9.01. The molecule has 0 aromatic carbocycles. The van der Waals surface area contributed by atoms with Gasteiger partial charge in [0.1, 0.15) is 18.3 Å². The summed E-state index contributed by atoms with van der Waals surface area (Å²) < 4.78 is 24.2. The summed E-state index contributed by atoms with van der Waals surface area (Å²) >= 11 is 0. The molecule has 0 aromatic heterocycles. The molecule has 2 saturated heterocycles. The number of aliphatic hydroxyl groups is 1. The van der Waals surface area contributed by atoms with E-state index in [1.807, 2.05) is 27.7 Å². The largest absolute Gasteiger partial charge is 0.394 e. The van der Waals surface area contributed by atoms with Crippen LogP contribution in [0.25, 0.3) is 0 Å². The Bertz CT molecular complexity index is 423. The lowest BCUT2D eigenvalue weighted by Gasteiger charge is -2.25. The zero-order valence-corrected chi connectivity index (χ0v) is 18.2. The number of unbranched alkanes of at least 4 members (excludes halogenated alkanes) is 8. The van der Waals surface area contributed by atoms with E-state index < -0.39 is 11.6 Å². The first-order valence-corrected chi connectivity index (χ1v) is 11.1. The van der Waals surface area contributed by atoms with Crippen molar-refractivity contribution in [1.82, 2.24) is 0 Å². The summed E-state index contributed by atoms with van der Waals surface area (Å²) in [6.07, 6.45) is 11.9. The first-order valence-electron chi connectivity index (χ1n) is 11.1. The zero-order chi connectivity index (χ0) is 19.9. The normalized spacial score (nSPS) is 32.2. The third-order valence-electron chi connectivity index (χ3n) is 5.54. The molecule has 27 heavy (non-hydrogen) atoms. The van der Waals surface area contributed by atoms with Crippen LogP contribution >= 0.6 is 0 Å². The van der Waals surface area contributed by atoms with Gasteiger partial charge in [0, 0.05) is 0 Å². The molecule has 0 amide bonds. The fraction of sp³-hybridized carbons (Fsp3) is 1.00. The third kappa shape index (κ3) is 7.28. The van der Waals surface area contributed by atoms with Gasteiger partial charge in [-0.2, -0.15) is 0 Å². The number of ether oxygens (including phenoxy) is 4. The lowest BCUT2D eigenvalue weighted by atomic mass is 9.98. The molecule has 160 valence electrons. The Labute approximate surface area is 166 Å². The third-order valence-corrected chi connectivity index (χ3v) is 5.54. The lowest BCUT2D eigenvalue weighted by Crippen LogP contribution is -2.43. The molecule has 0 spiro atoms. The lowest BCUT2D eigenvalue weighted by molar-refractivity contribution is -0.175. The fourth-order valence-electron chi connectivity index (χ4n) is 4.30. The quantitative estimate of drug-likeness (QED) is 0.482. The minimum atomic E-state index is -0.698. The first-order chi connectivity index (χ1) is 12.8. The van der Waals surface area contributed by atoms with Crippen molar-refractivity contribution < 1.29 is 24.1 Å². The van der Waals surface area contributed by atoms with Gasteiger partial charge in [-0.3, -0.25) is 0 Å². The Hall–Kier alpha value is -0.200. The van der Waals surface area contributed by atoms with Crippen molar-refractivity contribution in [3.63, 3.8) is 0 Å². The molecule has 2 rings (SSSR count). The van der Waals surface area contributed by atoms with Crippen molar-refractivity contribution in [3.8, 4) is 0 Å². The number of hydrogen-bond donors (Lipinski definition) is 1. The second kappa shape index (κ2) is 10.5. The molecule has 1 N–H and O–H groups in total. The molecule has 2 fully saturated rings. The van der Waals surface area contributed by atoms with Gasteiger partial charge < -0.3 is 24.1 Å². The van der Waals surface area contributed by atoms with E-state index in [0.717, 1.165) is 12.8 Å². The molecule has 2 aliphatic rings. The maximum absolute atomic E-state index is 9.69. The predicted octanol–water partition coefficient (Wildman–Crippen LogP) is 4.94. The highest BCUT2D eigenvalue weighted by Gasteiger charge is 2.53. The molecule has 5 heteroatoms.